The fraction of sp³-hybridized carbons (Fsp3) is 0.214. The van der Waals surface area contributed by atoms with Gasteiger partial charge >= 0.3 is 0 Å². The van der Waals surface area contributed by atoms with Gasteiger partial charge in [-0.1, -0.05) is 94.4 Å². The van der Waals surface area contributed by atoms with E-state index in [1.165, 1.54) is 5.69 Å². The molecule has 3 heteroatoms. The number of aromatic nitrogens is 2. The number of imidazole rings is 1. The third-order valence-electron chi connectivity index (χ3n) is 5.53. The molecule has 4 rings (SSSR count). The number of ketones is 1. The lowest BCUT2D eigenvalue weighted by molar-refractivity contribution is 0.104. The average molecular weight is 409 g/mol. The lowest BCUT2D eigenvalue weighted by Gasteiger charge is -2.25. The number of rotatable bonds is 5. The normalized spacial score (nSPS) is 12.3. The summed E-state index contributed by atoms with van der Waals surface area (Å²) in [6, 6.07) is 25.9. The molecule has 0 saturated carbocycles. The minimum atomic E-state index is -0.259. The Morgan fingerprint density at radius 1 is 0.903 bits per heavy atom. The molecule has 0 aliphatic heterocycles. The van der Waals surface area contributed by atoms with E-state index in [-0.39, 0.29) is 11.2 Å². The predicted molar refractivity (Wildman–Crippen MR) is 128 cm³/mol. The van der Waals surface area contributed by atoms with Crippen molar-refractivity contribution in [3.8, 4) is 11.3 Å². The van der Waals surface area contributed by atoms with Crippen molar-refractivity contribution in [1.82, 2.24) is 9.38 Å². The maximum Gasteiger partial charge on any atom is 0.186 e. The second-order valence-electron chi connectivity index (χ2n) is 8.78. The van der Waals surface area contributed by atoms with E-state index in [0.717, 1.165) is 34.6 Å². The quantitative estimate of drug-likeness (QED) is 0.266. The zero-order valence-corrected chi connectivity index (χ0v) is 18.6. The van der Waals surface area contributed by atoms with E-state index >= 15 is 0 Å². The van der Waals surface area contributed by atoms with Crippen molar-refractivity contribution in [3.63, 3.8) is 0 Å². The lowest BCUT2D eigenvalue weighted by Crippen LogP contribution is -2.14. The van der Waals surface area contributed by atoms with Gasteiger partial charge in [-0.15, -0.1) is 0 Å². The zero-order chi connectivity index (χ0) is 22.0. The third kappa shape index (κ3) is 4.09. The molecule has 0 N–H and O–H groups in total. The van der Waals surface area contributed by atoms with Crippen LogP contribution in [0.25, 0.3) is 22.5 Å². The van der Waals surface area contributed by atoms with Gasteiger partial charge in [-0.25, -0.2) is 4.98 Å². The molecule has 2 aromatic carbocycles. The number of hydrogen-bond acceptors (Lipinski definition) is 2. The highest BCUT2D eigenvalue weighted by Crippen LogP contribution is 2.40. The molecule has 2 aromatic heterocycles. The Hall–Kier alpha value is -3.46. The molecule has 0 fully saturated rings. The number of allylic oxidation sites excluding steroid dienone is 2. The van der Waals surface area contributed by atoms with Gasteiger partial charge in [0.15, 0.2) is 5.78 Å². The highest BCUT2D eigenvalue weighted by molar-refractivity contribution is 6.09. The number of hydrogen-bond donors (Lipinski definition) is 0. The van der Waals surface area contributed by atoms with Gasteiger partial charge in [-0.2, -0.15) is 0 Å². The molecule has 0 unspecified atom stereocenters. The van der Waals surface area contributed by atoms with Gasteiger partial charge in [0.2, 0.25) is 0 Å². The van der Waals surface area contributed by atoms with Crippen LogP contribution in [0, 0.1) is 5.41 Å². The molecular formula is C28H28N2O. The maximum atomic E-state index is 13.2. The SMILES string of the molecule is CCc1cccc2nc(-c3ccccc3)c(/C(=C\C(=O)c3ccccc3)C(C)(C)C)n12. The first-order valence-corrected chi connectivity index (χ1v) is 10.8. The average Bonchev–Trinajstić information content (AvgIpc) is 3.17. The van der Waals surface area contributed by atoms with Gasteiger partial charge in [0, 0.05) is 16.8 Å². The number of fused-ring (bicyclic) bond motifs is 1. The van der Waals surface area contributed by atoms with Crippen LogP contribution in [0.2, 0.25) is 0 Å². The topological polar surface area (TPSA) is 34.4 Å². The van der Waals surface area contributed by atoms with Gasteiger partial charge in [-0.05, 0) is 35.6 Å². The molecule has 0 aliphatic carbocycles. The fourth-order valence-electron chi connectivity index (χ4n) is 3.94. The Balaban J connectivity index is 2.05. The van der Waals surface area contributed by atoms with E-state index in [1.807, 2.05) is 54.6 Å². The Bertz CT molecular complexity index is 1240. The molecule has 156 valence electrons. The molecule has 0 radical (unpaired) electrons. The summed E-state index contributed by atoms with van der Waals surface area (Å²) >= 11 is 0. The Kier molecular flexibility index (Phi) is 5.60. The van der Waals surface area contributed by atoms with Crippen LogP contribution < -0.4 is 0 Å². The number of pyridine rings is 1. The molecule has 0 amide bonds. The maximum absolute atomic E-state index is 13.2. The second-order valence-corrected chi connectivity index (χ2v) is 8.78. The molecule has 0 atom stereocenters. The summed E-state index contributed by atoms with van der Waals surface area (Å²) in [7, 11) is 0. The summed E-state index contributed by atoms with van der Waals surface area (Å²) in [6.45, 7) is 8.61. The van der Waals surface area contributed by atoms with Crippen LogP contribution in [0.15, 0.2) is 84.9 Å². The summed E-state index contributed by atoms with van der Waals surface area (Å²) < 4.78 is 2.22. The van der Waals surface area contributed by atoms with Crippen molar-refractivity contribution in [3.05, 3.63) is 102 Å². The molecule has 0 spiro atoms. The number of nitrogens with zero attached hydrogens (tertiary/aromatic N) is 2. The van der Waals surface area contributed by atoms with Crippen molar-refractivity contribution < 1.29 is 4.79 Å². The van der Waals surface area contributed by atoms with Crippen molar-refractivity contribution in [2.24, 2.45) is 5.41 Å². The van der Waals surface area contributed by atoms with Crippen LogP contribution in [0.3, 0.4) is 0 Å². The largest absolute Gasteiger partial charge is 0.296 e. The smallest absolute Gasteiger partial charge is 0.186 e. The van der Waals surface area contributed by atoms with E-state index in [0.29, 0.717) is 5.56 Å². The summed E-state index contributed by atoms with van der Waals surface area (Å²) in [5.41, 5.74) is 6.43. The van der Waals surface area contributed by atoms with E-state index in [1.54, 1.807) is 6.08 Å². The number of carbonyl (C=O) groups excluding carboxylic acids is 1. The molecule has 0 bridgehead atoms. The molecule has 3 nitrogen and oxygen atoms in total. The highest BCUT2D eigenvalue weighted by atomic mass is 16.1. The van der Waals surface area contributed by atoms with E-state index in [9.17, 15) is 4.79 Å². The van der Waals surface area contributed by atoms with Crippen molar-refractivity contribution in [2.45, 2.75) is 34.1 Å². The van der Waals surface area contributed by atoms with Crippen LogP contribution in [0.5, 0.6) is 0 Å². The van der Waals surface area contributed by atoms with Gasteiger partial charge in [-0.3, -0.25) is 9.20 Å². The first kappa shape index (κ1) is 20.8. The second kappa shape index (κ2) is 8.35. The predicted octanol–water partition coefficient (Wildman–Crippen LogP) is 6.88. The van der Waals surface area contributed by atoms with E-state index in [4.69, 9.17) is 4.98 Å². The van der Waals surface area contributed by atoms with E-state index in [2.05, 4.69) is 56.4 Å². The van der Waals surface area contributed by atoms with Gasteiger partial charge in [0.05, 0.1) is 11.4 Å². The zero-order valence-electron chi connectivity index (χ0n) is 18.6. The summed E-state index contributed by atoms with van der Waals surface area (Å²) in [6.07, 6.45) is 2.68. The molecule has 0 aliphatic rings. The summed E-state index contributed by atoms with van der Waals surface area (Å²) in [4.78, 5) is 18.2. The monoisotopic (exact) mass is 408 g/mol. The van der Waals surface area contributed by atoms with Gasteiger partial charge in [0.1, 0.15) is 5.65 Å². The molecule has 2 heterocycles. The standard InChI is InChI=1S/C28H28N2O/c1-5-22-17-12-18-25-29-26(21-15-10-7-11-16-21)27(30(22)25)23(28(2,3)4)19-24(31)20-13-8-6-9-14-20/h6-19H,5H2,1-4H3/b23-19+. The number of benzene rings is 2. The molecule has 4 aromatic rings. The van der Waals surface area contributed by atoms with Gasteiger partial charge in [0.25, 0.3) is 0 Å². The first-order valence-electron chi connectivity index (χ1n) is 10.8. The third-order valence-corrected chi connectivity index (χ3v) is 5.53. The van der Waals surface area contributed by atoms with Crippen LogP contribution in [0.1, 0.15) is 49.4 Å². The molecule has 31 heavy (non-hydrogen) atoms. The van der Waals surface area contributed by atoms with Gasteiger partial charge < -0.3 is 0 Å². The Morgan fingerprint density at radius 3 is 2.16 bits per heavy atom. The fourth-order valence-corrected chi connectivity index (χ4v) is 3.94. The van der Waals surface area contributed by atoms with E-state index < -0.39 is 0 Å². The number of carbonyl (C=O) groups is 1. The minimum Gasteiger partial charge on any atom is -0.296 e. The molecular weight excluding hydrogens is 380 g/mol. The van der Waals surface area contributed by atoms with Crippen LogP contribution in [-0.4, -0.2) is 15.2 Å². The summed E-state index contributed by atoms with van der Waals surface area (Å²) in [5.74, 6) is 0.00784. The highest BCUT2D eigenvalue weighted by Gasteiger charge is 2.28. The van der Waals surface area contributed by atoms with Crippen molar-refractivity contribution in [2.75, 3.05) is 0 Å². The lowest BCUT2D eigenvalue weighted by atomic mass is 9.82. The Labute approximate surface area is 184 Å². The van der Waals surface area contributed by atoms with Crippen LogP contribution >= 0.6 is 0 Å². The van der Waals surface area contributed by atoms with Crippen molar-refractivity contribution in [1.29, 1.82) is 0 Å². The first-order chi connectivity index (χ1) is 14.9. The van der Waals surface area contributed by atoms with Crippen LogP contribution in [0.4, 0.5) is 0 Å². The number of aryl methyl sites for hydroxylation is 1. The van der Waals surface area contributed by atoms with Crippen molar-refractivity contribution >= 4 is 17.0 Å². The van der Waals surface area contributed by atoms with Crippen LogP contribution in [-0.2, 0) is 6.42 Å². The summed E-state index contributed by atoms with van der Waals surface area (Å²) in [5, 5.41) is 0. The minimum absolute atomic E-state index is 0.00784. The Morgan fingerprint density at radius 2 is 1.55 bits per heavy atom. The molecule has 0 saturated heterocycles.